The number of halogens is 3. The van der Waals surface area contributed by atoms with E-state index in [1.165, 1.54) is 18.2 Å². The van der Waals surface area contributed by atoms with Gasteiger partial charge >= 0.3 is 6.18 Å². The van der Waals surface area contributed by atoms with Gasteiger partial charge in [0.15, 0.2) is 0 Å². The van der Waals surface area contributed by atoms with Gasteiger partial charge in [-0.05, 0) is 30.3 Å². The van der Waals surface area contributed by atoms with E-state index in [4.69, 9.17) is 10.00 Å². The molecule has 0 heterocycles. The van der Waals surface area contributed by atoms with Crippen molar-refractivity contribution >= 4 is 6.29 Å². The first-order valence-corrected chi connectivity index (χ1v) is 5.79. The molecule has 2 aromatic carbocycles. The van der Waals surface area contributed by atoms with Crippen LogP contribution in [0.4, 0.5) is 13.2 Å². The quantitative estimate of drug-likeness (QED) is 0.797. The Hall–Kier alpha value is -2.81. The van der Waals surface area contributed by atoms with Crippen molar-refractivity contribution in [2.45, 2.75) is 6.18 Å². The molecule has 6 heteroatoms. The van der Waals surface area contributed by atoms with Gasteiger partial charge < -0.3 is 4.74 Å². The standard InChI is InChI=1S/C15H8F3NO2/c16-15(17,18)12-7-10(9-20)5-6-14(12)21-13-4-2-1-3-11(13)8-19/h1-7,9H. The van der Waals surface area contributed by atoms with E-state index in [2.05, 4.69) is 0 Å². The maximum absolute atomic E-state index is 13.0. The van der Waals surface area contributed by atoms with Crippen LogP contribution in [-0.2, 0) is 6.18 Å². The molecular formula is C15H8F3NO2. The van der Waals surface area contributed by atoms with Gasteiger partial charge in [-0.3, -0.25) is 4.79 Å². The normalized spacial score (nSPS) is 10.8. The monoisotopic (exact) mass is 291 g/mol. The molecule has 0 amide bonds. The molecule has 21 heavy (non-hydrogen) atoms. The smallest absolute Gasteiger partial charge is 0.420 e. The summed E-state index contributed by atoms with van der Waals surface area (Å²) < 4.78 is 44.2. The number of para-hydroxylation sites is 1. The summed E-state index contributed by atoms with van der Waals surface area (Å²) in [5.74, 6) is -0.444. The molecule has 2 rings (SSSR count). The summed E-state index contributed by atoms with van der Waals surface area (Å²) in [6, 6.07) is 10.8. The molecule has 106 valence electrons. The highest BCUT2D eigenvalue weighted by Crippen LogP contribution is 2.39. The van der Waals surface area contributed by atoms with Gasteiger partial charge in [-0.15, -0.1) is 0 Å². The molecule has 3 nitrogen and oxygen atoms in total. The molecule has 0 saturated heterocycles. The second-order valence-electron chi connectivity index (χ2n) is 4.08. The number of rotatable bonds is 3. The number of hydrogen-bond donors (Lipinski definition) is 0. The van der Waals surface area contributed by atoms with E-state index >= 15 is 0 Å². The number of carbonyl (C=O) groups is 1. The molecule has 0 atom stereocenters. The minimum Gasteiger partial charge on any atom is -0.455 e. The van der Waals surface area contributed by atoms with Crippen molar-refractivity contribution in [1.82, 2.24) is 0 Å². The topological polar surface area (TPSA) is 50.1 Å². The van der Waals surface area contributed by atoms with Crippen LogP contribution in [0.3, 0.4) is 0 Å². The summed E-state index contributed by atoms with van der Waals surface area (Å²) in [5, 5.41) is 8.91. The second-order valence-corrected chi connectivity index (χ2v) is 4.08. The van der Waals surface area contributed by atoms with E-state index < -0.39 is 17.5 Å². The Morgan fingerprint density at radius 2 is 1.81 bits per heavy atom. The average molecular weight is 291 g/mol. The van der Waals surface area contributed by atoms with Crippen LogP contribution >= 0.6 is 0 Å². The first-order valence-electron chi connectivity index (χ1n) is 5.79. The summed E-state index contributed by atoms with van der Waals surface area (Å²) >= 11 is 0. The minimum atomic E-state index is -4.67. The Morgan fingerprint density at radius 1 is 1.10 bits per heavy atom. The highest BCUT2D eigenvalue weighted by Gasteiger charge is 2.35. The highest BCUT2D eigenvalue weighted by atomic mass is 19.4. The van der Waals surface area contributed by atoms with Crippen LogP contribution in [0, 0.1) is 11.3 Å². The van der Waals surface area contributed by atoms with Crippen LogP contribution in [-0.4, -0.2) is 6.29 Å². The number of aldehydes is 1. The SMILES string of the molecule is N#Cc1ccccc1Oc1ccc(C=O)cc1C(F)(F)F. The van der Waals surface area contributed by atoms with Crippen LogP contribution in [0.5, 0.6) is 11.5 Å². The van der Waals surface area contributed by atoms with Crippen molar-refractivity contribution in [3.8, 4) is 17.6 Å². The van der Waals surface area contributed by atoms with E-state index in [1.807, 2.05) is 6.07 Å². The Kier molecular flexibility index (Phi) is 3.94. The number of benzene rings is 2. The number of nitrogens with zero attached hydrogens (tertiary/aromatic N) is 1. The van der Waals surface area contributed by atoms with Crippen LogP contribution in [0.25, 0.3) is 0 Å². The number of nitriles is 1. The molecule has 0 N–H and O–H groups in total. The Morgan fingerprint density at radius 3 is 2.43 bits per heavy atom. The largest absolute Gasteiger partial charge is 0.455 e. The van der Waals surface area contributed by atoms with Crippen molar-refractivity contribution in [3.63, 3.8) is 0 Å². The van der Waals surface area contributed by atoms with Gasteiger partial charge in [0, 0.05) is 5.56 Å². The van der Waals surface area contributed by atoms with Gasteiger partial charge in [-0.25, -0.2) is 0 Å². The number of ether oxygens (including phenoxy) is 1. The third-order valence-corrected chi connectivity index (χ3v) is 2.67. The lowest BCUT2D eigenvalue weighted by Gasteiger charge is -2.14. The number of alkyl halides is 3. The molecular weight excluding hydrogens is 283 g/mol. The summed E-state index contributed by atoms with van der Waals surface area (Å²) in [6.45, 7) is 0. The maximum Gasteiger partial charge on any atom is 0.420 e. The van der Waals surface area contributed by atoms with Crippen molar-refractivity contribution in [1.29, 1.82) is 5.26 Å². The first kappa shape index (κ1) is 14.6. The summed E-state index contributed by atoms with van der Waals surface area (Å²) in [4.78, 5) is 10.6. The van der Waals surface area contributed by atoms with Crippen molar-refractivity contribution in [2.75, 3.05) is 0 Å². The molecule has 0 spiro atoms. The van der Waals surface area contributed by atoms with Gasteiger partial charge in [0.1, 0.15) is 23.9 Å². The van der Waals surface area contributed by atoms with Gasteiger partial charge in [-0.2, -0.15) is 18.4 Å². The summed E-state index contributed by atoms with van der Waals surface area (Å²) in [7, 11) is 0. The van der Waals surface area contributed by atoms with Gasteiger partial charge in [0.05, 0.1) is 11.1 Å². The first-order chi connectivity index (χ1) is 9.95. The molecule has 0 bridgehead atoms. The van der Waals surface area contributed by atoms with E-state index in [9.17, 15) is 18.0 Å². The van der Waals surface area contributed by atoms with Crippen molar-refractivity contribution in [2.24, 2.45) is 0 Å². The fourth-order valence-electron chi connectivity index (χ4n) is 1.70. The van der Waals surface area contributed by atoms with E-state index in [0.29, 0.717) is 12.4 Å². The lowest BCUT2D eigenvalue weighted by molar-refractivity contribution is -0.138. The third kappa shape index (κ3) is 3.20. The minimum absolute atomic E-state index is 0.0179. The Balaban J connectivity index is 2.50. The molecule has 0 aliphatic carbocycles. The van der Waals surface area contributed by atoms with Gasteiger partial charge in [-0.1, -0.05) is 12.1 Å². The Labute approximate surface area is 118 Å². The summed E-state index contributed by atoms with van der Waals surface area (Å²) in [5.41, 5.74) is -1.06. The molecule has 0 saturated carbocycles. The number of carbonyl (C=O) groups excluding carboxylic acids is 1. The van der Waals surface area contributed by atoms with E-state index in [1.54, 1.807) is 12.1 Å². The van der Waals surface area contributed by atoms with Gasteiger partial charge in [0.2, 0.25) is 0 Å². The molecule has 0 aliphatic heterocycles. The van der Waals surface area contributed by atoms with E-state index in [-0.39, 0.29) is 16.9 Å². The molecule has 0 aliphatic rings. The predicted molar refractivity (Wildman–Crippen MR) is 68.1 cm³/mol. The molecule has 0 fully saturated rings. The fraction of sp³-hybridized carbons (Fsp3) is 0.0667. The van der Waals surface area contributed by atoms with Crippen molar-refractivity contribution in [3.05, 3.63) is 59.2 Å². The van der Waals surface area contributed by atoms with Crippen LogP contribution < -0.4 is 4.74 Å². The van der Waals surface area contributed by atoms with Crippen molar-refractivity contribution < 1.29 is 22.7 Å². The average Bonchev–Trinajstić information content (AvgIpc) is 2.47. The third-order valence-electron chi connectivity index (χ3n) is 2.67. The van der Waals surface area contributed by atoms with Crippen LogP contribution in [0.15, 0.2) is 42.5 Å². The maximum atomic E-state index is 13.0. The lowest BCUT2D eigenvalue weighted by atomic mass is 10.1. The predicted octanol–water partition coefficient (Wildman–Crippen LogP) is 4.18. The van der Waals surface area contributed by atoms with E-state index in [0.717, 1.165) is 6.07 Å². The summed E-state index contributed by atoms with van der Waals surface area (Å²) in [6.07, 6.45) is -4.35. The fourth-order valence-corrected chi connectivity index (χ4v) is 1.70. The zero-order chi connectivity index (χ0) is 15.5. The molecule has 0 unspecified atom stereocenters. The van der Waals surface area contributed by atoms with Crippen LogP contribution in [0.1, 0.15) is 21.5 Å². The lowest BCUT2D eigenvalue weighted by Crippen LogP contribution is -2.08. The number of hydrogen-bond acceptors (Lipinski definition) is 3. The van der Waals surface area contributed by atoms with Crippen LogP contribution in [0.2, 0.25) is 0 Å². The zero-order valence-electron chi connectivity index (χ0n) is 10.5. The Bertz CT molecular complexity index is 718. The molecule has 0 aromatic heterocycles. The molecule has 0 radical (unpaired) electrons. The molecule has 2 aromatic rings. The second kappa shape index (κ2) is 5.67. The zero-order valence-corrected chi connectivity index (χ0v) is 10.5. The highest BCUT2D eigenvalue weighted by molar-refractivity contribution is 5.75. The van der Waals surface area contributed by atoms with Gasteiger partial charge in [0.25, 0.3) is 0 Å².